The summed E-state index contributed by atoms with van der Waals surface area (Å²) in [7, 11) is 0. The molecule has 0 aromatic heterocycles. The molecule has 1 rings (SSSR count). The molecule has 2 atom stereocenters. The number of aliphatic carboxylic acids is 1. The standard InChI is InChI=1S/C12H21N3O4/c1-3-13-11(18)7(2)14-12(19)15-9(6-10(16)17)8-4-5-8/h7-9H,3-6H2,1-2H3,(H,13,18)(H,16,17)(H2,14,15,19). The largest absolute Gasteiger partial charge is 0.481 e. The molecule has 0 spiro atoms. The van der Waals surface area contributed by atoms with Crippen LogP contribution in [0.5, 0.6) is 0 Å². The molecule has 0 radical (unpaired) electrons. The number of amides is 3. The summed E-state index contributed by atoms with van der Waals surface area (Å²) in [6, 6.07) is -1.51. The van der Waals surface area contributed by atoms with Gasteiger partial charge in [-0.2, -0.15) is 0 Å². The van der Waals surface area contributed by atoms with Gasteiger partial charge in [0.1, 0.15) is 6.04 Å². The first-order chi connectivity index (χ1) is 8.93. The van der Waals surface area contributed by atoms with E-state index in [4.69, 9.17) is 5.11 Å². The monoisotopic (exact) mass is 271 g/mol. The van der Waals surface area contributed by atoms with Crippen LogP contribution in [-0.4, -0.2) is 41.6 Å². The molecule has 1 saturated carbocycles. The molecule has 0 aliphatic heterocycles. The summed E-state index contributed by atoms with van der Waals surface area (Å²) in [6.07, 6.45) is 1.78. The molecule has 19 heavy (non-hydrogen) atoms. The number of carbonyl (C=O) groups is 3. The summed E-state index contributed by atoms with van der Waals surface area (Å²) >= 11 is 0. The molecule has 2 unspecified atom stereocenters. The molecular weight excluding hydrogens is 250 g/mol. The molecule has 0 aromatic carbocycles. The fourth-order valence-electron chi connectivity index (χ4n) is 1.82. The fourth-order valence-corrected chi connectivity index (χ4v) is 1.82. The maximum atomic E-state index is 11.7. The molecule has 0 heterocycles. The summed E-state index contributed by atoms with van der Waals surface area (Å²) < 4.78 is 0. The third-order valence-corrected chi connectivity index (χ3v) is 2.99. The molecule has 1 aliphatic rings. The van der Waals surface area contributed by atoms with Crippen LogP contribution in [0.3, 0.4) is 0 Å². The zero-order valence-corrected chi connectivity index (χ0v) is 11.2. The molecule has 4 N–H and O–H groups in total. The minimum absolute atomic E-state index is 0.0897. The summed E-state index contributed by atoms with van der Waals surface area (Å²) in [5.41, 5.74) is 0. The van der Waals surface area contributed by atoms with Gasteiger partial charge in [-0.25, -0.2) is 4.79 Å². The number of nitrogens with one attached hydrogen (secondary N) is 3. The predicted octanol–water partition coefficient (Wildman–Crippen LogP) is 0.0635. The number of carbonyl (C=O) groups excluding carboxylic acids is 2. The highest BCUT2D eigenvalue weighted by Crippen LogP contribution is 2.33. The van der Waals surface area contributed by atoms with E-state index in [-0.39, 0.29) is 24.3 Å². The molecule has 7 heteroatoms. The van der Waals surface area contributed by atoms with Crippen LogP contribution in [0.25, 0.3) is 0 Å². The van der Waals surface area contributed by atoms with Gasteiger partial charge >= 0.3 is 12.0 Å². The lowest BCUT2D eigenvalue weighted by molar-refractivity contribution is -0.137. The van der Waals surface area contributed by atoms with E-state index in [1.165, 1.54) is 0 Å². The SMILES string of the molecule is CCNC(=O)C(C)NC(=O)NC(CC(=O)O)C1CC1. The van der Waals surface area contributed by atoms with Crippen LogP contribution >= 0.6 is 0 Å². The smallest absolute Gasteiger partial charge is 0.315 e. The molecule has 3 amide bonds. The van der Waals surface area contributed by atoms with Crippen molar-refractivity contribution in [1.29, 1.82) is 0 Å². The molecule has 1 fully saturated rings. The van der Waals surface area contributed by atoms with E-state index in [9.17, 15) is 14.4 Å². The van der Waals surface area contributed by atoms with Gasteiger partial charge in [0.15, 0.2) is 0 Å². The first kappa shape index (κ1) is 15.3. The van der Waals surface area contributed by atoms with Crippen molar-refractivity contribution >= 4 is 17.9 Å². The fraction of sp³-hybridized carbons (Fsp3) is 0.750. The Morgan fingerprint density at radius 3 is 2.37 bits per heavy atom. The Balaban J connectivity index is 2.39. The van der Waals surface area contributed by atoms with Crippen LogP contribution < -0.4 is 16.0 Å². The molecule has 0 aromatic rings. The highest BCUT2D eigenvalue weighted by Gasteiger charge is 2.34. The van der Waals surface area contributed by atoms with E-state index < -0.39 is 18.0 Å². The third-order valence-electron chi connectivity index (χ3n) is 2.99. The van der Waals surface area contributed by atoms with Gasteiger partial charge in [-0.15, -0.1) is 0 Å². The van der Waals surface area contributed by atoms with Gasteiger partial charge < -0.3 is 21.1 Å². The van der Waals surface area contributed by atoms with Crippen LogP contribution in [0.15, 0.2) is 0 Å². The van der Waals surface area contributed by atoms with E-state index in [0.29, 0.717) is 6.54 Å². The number of urea groups is 1. The van der Waals surface area contributed by atoms with E-state index in [1.807, 2.05) is 0 Å². The highest BCUT2D eigenvalue weighted by atomic mass is 16.4. The quantitative estimate of drug-likeness (QED) is 0.525. The van der Waals surface area contributed by atoms with Gasteiger partial charge in [-0.05, 0) is 32.6 Å². The zero-order valence-electron chi connectivity index (χ0n) is 11.2. The normalized spacial score (nSPS) is 17.2. The second-order valence-corrected chi connectivity index (χ2v) is 4.78. The van der Waals surface area contributed by atoms with E-state index in [1.54, 1.807) is 13.8 Å². The maximum absolute atomic E-state index is 11.7. The molecule has 0 saturated heterocycles. The van der Waals surface area contributed by atoms with Crippen molar-refractivity contribution in [2.24, 2.45) is 5.92 Å². The van der Waals surface area contributed by atoms with Crippen molar-refractivity contribution in [3.8, 4) is 0 Å². The highest BCUT2D eigenvalue weighted by molar-refractivity contribution is 5.86. The van der Waals surface area contributed by atoms with Gasteiger partial charge in [0.25, 0.3) is 0 Å². The molecule has 108 valence electrons. The Bertz CT molecular complexity index is 355. The summed E-state index contributed by atoms with van der Waals surface area (Å²) in [5.74, 6) is -0.963. The lowest BCUT2D eigenvalue weighted by Gasteiger charge is -2.19. The number of rotatable bonds is 7. The Morgan fingerprint density at radius 2 is 1.89 bits per heavy atom. The minimum Gasteiger partial charge on any atom is -0.481 e. The van der Waals surface area contributed by atoms with E-state index in [0.717, 1.165) is 12.8 Å². The minimum atomic E-state index is -0.936. The van der Waals surface area contributed by atoms with Crippen LogP contribution in [0.4, 0.5) is 4.79 Å². The molecule has 7 nitrogen and oxygen atoms in total. The molecule has 0 bridgehead atoms. The first-order valence-corrected chi connectivity index (χ1v) is 6.50. The first-order valence-electron chi connectivity index (χ1n) is 6.50. The molecular formula is C12H21N3O4. The third kappa shape index (κ3) is 5.58. The van der Waals surface area contributed by atoms with Crippen LogP contribution in [0, 0.1) is 5.92 Å². The average Bonchev–Trinajstić information content (AvgIpc) is 3.11. The maximum Gasteiger partial charge on any atom is 0.315 e. The van der Waals surface area contributed by atoms with Crippen LogP contribution in [-0.2, 0) is 9.59 Å². The molecule has 1 aliphatic carbocycles. The predicted molar refractivity (Wildman–Crippen MR) is 68.6 cm³/mol. The van der Waals surface area contributed by atoms with Gasteiger partial charge in [0.2, 0.25) is 5.91 Å². The number of carboxylic acids is 1. The van der Waals surface area contributed by atoms with E-state index in [2.05, 4.69) is 16.0 Å². The Morgan fingerprint density at radius 1 is 1.26 bits per heavy atom. The summed E-state index contributed by atoms with van der Waals surface area (Å²) in [6.45, 7) is 3.87. The number of carboxylic acid groups (broad SMARTS) is 1. The van der Waals surface area contributed by atoms with Gasteiger partial charge in [0, 0.05) is 12.6 Å². The van der Waals surface area contributed by atoms with E-state index >= 15 is 0 Å². The topological polar surface area (TPSA) is 108 Å². The lowest BCUT2D eigenvalue weighted by atomic mass is 10.1. The Labute approximate surface area is 112 Å². The van der Waals surface area contributed by atoms with Crippen molar-refractivity contribution in [2.75, 3.05) is 6.54 Å². The van der Waals surface area contributed by atoms with Crippen LogP contribution in [0.2, 0.25) is 0 Å². The lowest BCUT2D eigenvalue weighted by Crippen LogP contribution is -2.51. The Hall–Kier alpha value is -1.79. The average molecular weight is 271 g/mol. The summed E-state index contributed by atoms with van der Waals surface area (Å²) in [5, 5.41) is 16.5. The number of hydrogen-bond donors (Lipinski definition) is 4. The van der Waals surface area contributed by atoms with Crippen molar-refractivity contribution in [2.45, 2.75) is 45.2 Å². The number of hydrogen-bond acceptors (Lipinski definition) is 3. The van der Waals surface area contributed by atoms with Crippen molar-refractivity contribution in [3.05, 3.63) is 0 Å². The zero-order chi connectivity index (χ0) is 14.4. The second-order valence-electron chi connectivity index (χ2n) is 4.78. The van der Waals surface area contributed by atoms with Gasteiger partial charge in [0.05, 0.1) is 6.42 Å². The number of likely N-dealkylation sites (N-methyl/N-ethyl adjacent to an activating group) is 1. The second kappa shape index (κ2) is 6.96. The van der Waals surface area contributed by atoms with Crippen molar-refractivity contribution in [1.82, 2.24) is 16.0 Å². The summed E-state index contributed by atoms with van der Waals surface area (Å²) in [4.78, 5) is 33.8. The Kier molecular flexibility index (Phi) is 5.59. The van der Waals surface area contributed by atoms with Gasteiger partial charge in [-0.3, -0.25) is 9.59 Å². The van der Waals surface area contributed by atoms with Gasteiger partial charge in [-0.1, -0.05) is 0 Å². The van der Waals surface area contributed by atoms with Crippen molar-refractivity contribution in [3.63, 3.8) is 0 Å². The van der Waals surface area contributed by atoms with Crippen molar-refractivity contribution < 1.29 is 19.5 Å². The van der Waals surface area contributed by atoms with Crippen LogP contribution in [0.1, 0.15) is 33.1 Å².